The summed E-state index contributed by atoms with van der Waals surface area (Å²) in [5.41, 5.74) is 0. The average molecular weight is 173 g/mol. The van der Waals surface area contributed by atoms with Gasteiger partial charge in [-0.15, -0.1) is 10.1 Å². The molecule has 12 heavy (non-hydrogen) atoms. The van der Waals surface area contributed by atoms with Crippen molar-refractivity contribution < 1.29 is 10.3 Å². The van der Waals surface area contributed by atoms with Gasteiger partial charge >= 0.3 is 0 Å². The van der Waals surface area contributed by atoms with Crippen molar-refractivity contribution in [2.45, 2.75) is 19.9 Å². The van der Waals surface area contributed by atoms with Crippen LogP contribution in [0.2, 0.25) is 0 Å². The van der Waals surface area contributed by atoms with Gasteiger partial charge in [-0.25, -0.2) is 4.98 Å². The summed E-state index contributed by atoms with van der Waals surface area (Å²) >= 11 is 0. The van der Waals surface area contributed by atoms with E-state index in [2.05, 4.69) is 16.5 Å². The highest BCUT2D eigenvalue weighted by atomic mass is 16.9. The summed E-state index contributed by atoms with van der Waals surface area (Å²) < 4.78 is 2.07. The van der Waals surface area contributed by atoms with E-state index in [9.17, 15) is 0 Å². The Labute approximate surface area is 69.6 Å². The molecule has 6 nitrogen and oxygen atoms in total. The van der Waals surface area contributed by atoms with Crippen LogP contribution in [0.1, 0.15) is 13.3 Å². The maximum absolute atomic E-state index is 8.36. The van der Waals surface area contributed by atoms with Gasteiger partial charge in [0.1, 0.15) is 0 Å². The van der Waals surface area contributed by atoms with E-state index in [0.717, 1.165) is 6.54 Å². The fraction of sp³-hybridized carbons (Fsp3) is 0.500. The lowest BCUT2D eigenvalue weighted by molar-refractivity contribution is -0.742. The standard InChI is InChI=1S/C6H10N2.HNO3/c1-2-4-8-5-3-7-6-8;2-1(3)4/h3,5-6H,2,4H2,1H3;(H,2,3,4). The quantitative estimate of drug-likeness (QED) is 0.533. The topological polar surface area (TPSA) is 81.2 Å². The normalized spacial score (nSPS) is 8.42. The van der Waals surface area contributed by atoms with Crippen LogP contribution in [0.15, 0.2) is 18.7 Å². The summed E-state index contributed by atoms with van der Waals surface area (Å²) in [6, 6.07) is 0. The lowest BCUT2D eigenvalue weighted by atomic mass is 10.5. The number of rotatable bonds is 2. The third kappa shape index (κ3) is 6.53. The maximum atomic E-state index is 8.36. The van der Waals surface area contributed by atoms with Crippen molar-refractivity contribution in [3.8, 4) is 0 Å². The van der Waals surface area contributed by atoms with Crippen molar-refractivity contribution in [2.24, 2.45) is 0 Å². The average Bonchev–Trinajstić information content (AvgIpc) is 2.39. The van der Waals surface area contributed by atoms with Crippen LogP contribution in [0.25, 0.3) is 0 Å². The molecule has 0 aromatic carbocycles. The van der Waals surface area contributed by atoms with Gasteiger partial charge in [-0.3, -0.25) is 0 Å². The first-order chi connectivity index (χ1) is 5.66. The van der Waals surface area contributed by atoms with Crippen molar-refractivity contribution in [1.29, 1.82) is 0 Å². The van der Waals surface area contributed by atoms with Crippen molar-refractivity contribution in [3.63, 3.8) is 0 Å². The molecule has 0 aliphatic heterocycles. The molecule has 0 saturated heterocycles. The second-order valence-corrected chi connectivity index (χ2v) is 2.04. The molecule has 1 N–H and O–H groups in total. The van der Waals surface area contributed by atoms with E-state index in [1.807, 2.05) is 12.5 Å². The Bertz CT molecular complexity index is 206. The molecule has 1 rings (SSSR count). The molecule has 1 heterocycles. The van der Waals surface area contributed by atoms with Crippen molar-refractivity contribution in [1.82, 2.24) is 9.55 Å². The molecule has 6 heteroatoms. The Morgan fingerprint density at radius 3 is 2.67 bits per heavy atom. The molecule has 0 bridgehead atoms. The molecular formula is C6H11N3O3. The summed E-state index contributed by atoms with van der Waals surface area (Å²) in [5, 5.41) is 13.6. The van der Waals surface area contributed by atoms with Crippen molar-refractivity contribution >= 4 is 0 Å². The van der Waals surface area contributed by atoms with E-state index in [1.165, 1.54) is 6.42 Å². The molecule has 0 radical (unpaired) electrons. The molecule has 0 unspecified atom stereocenters. The van der Waals surface area contributed by atoms with Crippen LogP contribution in [0.4, 0.5) is 0 Å². The molecule has 0 atom stereocenters. The minimum Gasteiger partial charge on any atom is -0.338 e. The Morgan fingerprint density at radius 2 is 2.33 bits per heavy atom. The number of nitrogens with zero attached hydrogens (tertiary/aromatic N) is 3. The predicted octanol–water partition coefficient (Wildman–Crippen LogP) is 0.945. The monoisotopic (exact) mass is 173 g/mol. The van der Waals surface area contributed by atoms with Gasteiger partial charge in [0.05, 0.1) is 6.33 Å². The molecular weight excluding hydrogens is 162 g/mol. The van der Waals surface area contributed by atoms with E-state index in [0.29, 0.717) is 0 Å². The number of aryl methyl sites for hydroxylation is 1. The van der Waals surface area contributed by atoms with Crippen molar-refractivity contribution in [2.75, 3.05) is 0 Å². The largest absolute Gasteiger partial charge is 0.338 e. The minimum atomic E-state index is -1.50. The van der Waals surface area contributed by atoms with Crippen LogP contribution in [-0.4, -0.2) is 19.8 Å². The Balaban J connectivity index is 0.000000261. The third-order valence-electron chi connectivity index (χ3n) is 1.04. The van der Waals surface area contributed by atoms with Gasteiger partial charge in [0.15, 0.2) is 0 Å². The summed E-state index contributed by atoms with van der Waals surface area (Å²) in [5.74, 6) is 0. The first kappa shape index (κ1) is 10.4. The molecule has 0 spiro atoms. The third-order valence-corrected chi connectivity index (χ3v) is 1.04. The lowest BCUT2D eigenvalue weighted by Gasteiger charge is -1.93. The van der Waals surface area contributed by atoms with Gasteiger partial charge < -0.3 is 9.77 Å². The molecule has 1 aromatic rings. The molecule has 0 amide bonds. The highest BCUT2D eigenvalue weighted by molar-refractivity contribution is 4.73. The van der Waals surface area contributed by atoms with Gasteiger partial charge in [-0.2, -0.15) is 0 Å². The molecule has 0 saturated carbocycles. The number of hydrogen-bond donors (Lipinski definition) is 1. The lowest BCUT2D eigenvalue weighted by Crippen LogP contribution is -1.90. The Hall–Kier alpha value is -1.59. The highest BCUT2D eigenvalue weighted by Gasteiger charge is 1.81. The molecule has 0 aliphatic carbocycles. The number of aromatic nitrogens is 2. The van der Waals surface area contributed by atoms with Gasteiger partial charge in [-0.1, -0.05) is 6.92 Å². The summed E-state index contributed by atoms with van der Waals surface area (Å²) in [6.45, 7) is 3.24. The van der Waals surface area contributed by atoms with Crippen LogP contribution >= 0.6 is 0 Å². The van der Waals surface area contributed by atoms with Gasteiger partial charge in [0.25, 0.3) is 5.09 Å². The van der Waals surface area contributed by atoms with E-state index in [4.69, 9.17) is 15.3 Å². The van der Waals surface area contributed by atoms with Gasteiger partial charge in [-0.05, 0) is 6.42 Å². The van der Waals surface area contributed by atoms with Crippen molar-refractivity contribution in [3.05, 3.63) is 28.8 Å². The molecule has 0 aliphatic rings. The Morgan fingerprint density at radius 1 is 1.75 bits per heavy atom. The minimum absolute atomic E-state index is 1.08. The number of imidazole rings is 1. The fourth-order valence-electron chi connectivity index (χ4n) is 0.677. The van der Waals surface area contributed by atoms with E-state index < -0.39 is 5.09 Å². The molecule has 68 valence electrons. The Kier molecular flexibility index (Phi) is 5.33. The second kappa shape index (κ2) is 6.14. The van der Waals surface area contributed by atoms with E-state index in [1.54, 1.807) is 6.20 Å². The highest BCUT2D eigenvalue weighted by Crippen LogP contribution is 1.87. The summed E-state index contributed by atoms with van der Waals surface area (Å²) in [6.07, 6.45) is 6.79. The zero-order chi connectivity index (χ0) is 9.40. The van der Waals surface area contributed by atoms with Crippen LogP contribution in [0, 0.1) is 10.1 Å². The van der Waals surface area contributed by atoms with Crippen LogP contribution in [0.5, 0.6) is 0 Å². The first-order valence-electron chi connectivity index (χ1n) is 3.45. The van der Waals surface area contributed by atoms with E-state index >= 15 is 0 Å². The molecule has 1 aromatic heterocycles. The second-order valence-electron chi connectivity index (χ2n) is 2.04. The van der Waals surface area contributed by atoms with Crippen LogP contribution in [0.3, 0.4) is 0 Å². The summed E-state index contributed by atoms with van der Waals surface area (Å²) in [7, 11) is 0. The van der Waals surface area contributed by atoms with Crippen LogP contribution in [-0.2, 0) is 6.54 Å². The zero-order valence-corrected chi connectivity index (χ0v) is 6.75. The zero-order valence-electron chi connectivity index (χ0n) is 6.75. The smallest absolute Gasteiger partial charge is 0.291 e. The SMILES string of the molecule is CCCn1ccnc1.O=[N+]([O-])O. The predicted molar refractivity (Wildman–Crippen MR) is 41.3 cm³/mol. The first-order valence-corrected chi connectivity index (χ1v) is 3.45. The summed E-state index contributed by atoms with van der Waals surface area (Å²) in [4.78, 5) is 12.3. The van der Waals surface area contributed by atoms with E-state index in [-0.39, 0.29) is 0 Å². The maximum Gasteiger partial charge on any atom is 0.291 e. The fourth-order valence-corrected chi connectivity index (χ4v) is 0.677. The van der Waals surface area contributed by atoms with Crippen LogP contribution < -0.4 is 0 Å². The van der Waals surface area contributed by atoms with Gasteiger partial charge in [0, 0.05) is 18.9 Å². The molecule has 0 fully saturated rings. The number of hydrogen-bond acceptors (Lipinski definition) is 3. The van der Waals surface area contributed by atoms with Gasteiger partial charge in [0.2, 0.25) is 0 Å².